The van der Waals surface area contributed by atoms with Crippen LogP contribution >= 0.6 is 11.5 Å². The Kier molecular flexibility index (Phi) is 4.06. The van der Waals surface area contributed by atoms with Gasteiger partial charge in [0.05, 0.1) is 5.69 Å². The summed E-state index contributed by atoms with van der Waals surface area (Å²) < 4.78 is 3.83. The first-order chi connectivity index (χ1) is 8.26. The van der Waals surface area contributed by atoms with Gasteiger partial charge in [-0.15, -0.1) is 5.10 Å². The molecular weight excluding hydrogens is 236 g/mol. The van der Waals surface area contributed by atoms with Gasteiger partial charge in [0.1, 0.15) is 4.88 Å². The maximum Gasteiger partial charge on any atom is 0.265 e. The molecule has 1 saturated carbocycles. The highest BCUT2D eigenvalue weighted by Crippen LogP contribution is 2.25. The summed E-state index contributed by atoms with van der Waals surface area (Å²) in [6, 6.07) is 0.222. The SMILES string of the molecule is CCc1nnsc1C(=O)NC1CCCC1CN. The molecule has 0 spiro atoms. The van der Waals surface area contributed by atoms with Crippen LogP contribution in [-0.2, 0) is 6.42 Å². The number of hydrogen-bond donors (Lipinski definition) is 2. The van der Waals surface area contributed by atoms with Gasteiger partial charge < -0.3 is 11.1 Å². The van der Waals surface area contributed by atoms with Gasteiger partial charge in [-0.3, -0.25) is 4.79 Å². The Hall–Kier alpha value is -1.01. The van der Waals surface area contributed by atoms with Crippen molar-refractivity contribution in [2.24, 2.45) is 11.7 Å². The number of nitrogens with zero attached hydrogens (tertiary/aromatic N) is 2. The van der Waals surface area contributed by atoms with E-state index >= 15 is 0 Å². The zero-order chi connectivity index (χ0) is 12.3. The molecule has 5 nitrogen and oxygen atoms in total. The summed E-state index contributed by atoms with van der Waals surface area (Å²) in [5.41, 5.74) is 6.49. The molecule has 1 aromatic heterocycles. The highest BCUT2D eigenvalue weighted by Gasteiger charge is 2.28. The number of aromatic nitrogens is 2. The van der Waals surface area contributed by atoms with Crippen LogP contribution in [0.2, 0.25) is 0 Å². The van der Waals surface area contributed by atoms with Gasteiger partial charge in [-0.05, 0) is 43.3 Å². The van der Waals surface area contributed by atoms with E-state index in [1.54, 1.807) is 0 Å². The van der Waals surface area contributed by atoms with E-state index in [0.29, 0.717) is 17.3 Å². The van der Waals surface area contributed by atoms with Crippen molar-refractivity contribution < 1.29 is 4.79 Å². The van der Waals surface area contributed by atoms with E-state index in [1.807, 2.05) is 6.92 Å². The number of nitrogens with one attached hydrogen (secondary N) is 1. The van der Waals surface area contributed by atoms with Crippen molar-refractivity contribution in [2.45, 2.75) is 38.6 Å². The van der Waals surface area contributed by atoms with Gasteiger partial charge in [-0.1, -0.05) is 17.8 Å². The van der Waals surface area contributed by atoms with Gasteiger partial charge >= 0.3 is 0 Å². The largest absolute Gasteiger partial charge is 0.348 e. The fraction of sp³-hybridized carbons (Fsp3) is 0.727. The van der Waals surface area contributed by atoms with Gasteiger partial charge in [-0.2, -0.15) is 0 Å². The molecule has 1 amide bonds. The second-order valence-corrected chi connectivity index (χ2v) is 5.16. The number of hydrogen-bond acceptors (Lipinski definition) is 5. The van der Waals surface area contributed by atoms with E-state index in [-0.39, 0.29) is 11.9 Å². The maximum atomic E-state index is 12.1. The number of rotatable bonds is 4. The molecule has 2 atom stereocenters. The molecule has 0 aliphatic heterocycles. The summed E-state index contributed by atoms with van der Waals surface area (Å²) in [6.45, 7) is 2.62. The molecule has 1 aliphatic rings. The Morgan fingerprint density at radius 3 is 3.12 bits per heavy atom. The molecule has 6 heteroatoms. The zero-order valence-corrected chi connectivity index (χ0v) is 10.8. The summed E-state index contributed by atoms with van der Waals surface area (Å²) in [7, 11) is 0. The first-order valence-electron chi connectivity index (χ1n) is 6.08. The van der Waals surface area contributed by atoms with Gasteiger partial charge in [0.2, 0.25) is 0 Å². The Balaban J connectivity index is 2.01. The Labute approximate surface area is 105 Å². The van der Waals surface area contributed by atoms with E-state index in [4.69, 9.17) is 5.73 Å². The minimum atomic E-state index is -0.0396. The molecule has 2 unspecified atom stereocenters. The molecule has 3 N–H and O–H groups in total. The van der Waals surface area contributed by atoms with E-state index in [1.165, 1.54) is 11.5 Å². The normalized spacial score (nSPS) is 23.9. The molecule has 1 aliphatic carbocycles. The summed E-state index contributed by atoms with van der Waals surface area (Å²) >= 11 is 1.17. The number of amides is 1. The summed E-state index contributed by atoms with van der Waals surface area (Å²) in [5, 5.41) is 7.02. The average molecular weight is 254 g/mol. The van der Waals surface area contributed by atoms with Crippen molar-refractivity contribution in [2.75, 3.05) is 6.54 Å². The lowest BCUT2D eigenvalue weighted by Gasteiger charge is -2.18. The topological polar surface area (TPSA) is 80.9 Å². The predicted octanol–water partition coefficient (Wildman–Crippen LogP) is 0.958. The molecule has 0 saturated heterocycles. The fourth-order valence-corrected chi connectivity index (χ4v) is 3.01. The monoisotopic (exact) mass is 254 g/mol. The lowest BCUT2D eigenvalue weighted by Crippen LogP contribution is -2.39. The maximum absolute atomic E-state index is 12.1. The standard InChI is InChI=1S/C11H18N4OS/c1-2-8-10(17-15-14-8)11(16)13-9-5-3-4-7(9)6-12/h7,9H,2-6,12H2,1H3,(H,13,16). The van der Waals surface area contributed by atoms with Gasteiger partial charge in [-0.25, -0.2) is 0 Å². The summed E-state index contributed by atoms with van der Waals surface area (Å²) in [4.78, 5) is 12.7. The Morgan fingerprint density at radius 2 is 2.41 bits per heavy atom. The second-order valence-electron chi connectivity index (χ2n) is 4.41. The van der Waals surface area contributed by atoms with Crippen LogP contribution in [0, 0.1) is 5.92 Å². The summed E-state index contributed by atoms with van der Waals surface area (Å²) in [5.74, 6) is 0.382. The van der Waals surface area contributed by atoms with E-state index < -0.39 is 0 Å². The fourth-order valence-electron chi connectivity index (χ4n) is 2.36. The highest BCUT2D eigenvalue weighted by atomic mass is 32.1. The minimum Gasteiger partial charge on any atom is -0.348 e. The third-order valence-corrected chi connectivity index (χ3v) is 4.14. The van der Waals surface area contributed by atoms with Crippen LogP contribution in [-0.4, -0.2) is 28.1 Å². The zero-order valence-electron chi connectivity index (χ0n) is 9.98. The van der Waals surface area contributed by atoms with Crippen molar-refractivity contribution in [3.05, 3.63) is 10.6 Å². The molecule has 0 aromatic carbocycles. The molecule has 1 heterocycles. The van der Waals surface area contributed by atoms with Crippen molar-refractivity contribution in [3.8, 4) is 0 Å². The molecule has 0 radical (unpaired) electrons. The van der Waals surface area contributed by atoms with E-state index in [0.717, 1.165) is 31.4 Å². The van der Waals surface area contributed by atoms with Gasteiger partial charge in [0.15, 0.2) is 0 Å². The van der Waals surface area contributed by atoms with Crippen LogP contribution in [0.5, 0.6) is 0 Å². The molecule has 1 fully saturated rings. The van der Waals surface area contributed by atoms with Crippen molar-refractivity contribution in [1.29, 1.82) is 0 Å². The third-order valence-electron chi connectivity index (χ3n) is 3.38. The molecule has 1 aromatic rings. The predicted molar refractivity (Wildman–Crippen MR) is 66.9 cm³/mol. The second kappa shape index (κ2) is 5.55. The first kappa shape index (κ1) is 12.4. The summed E-state index contributed by atoms with van der Waals surface area (Å²) in [6.07, 6.45) is 4.03. The van der Waals surface area contributed by atoms with Crippen LogP contribution in [0.1, 0.15) is 41.6 Å². The molecule has 94 valence electrons. The average Bonchev–Trinajstić information content (AvgIpc) is 2.96. The van der Waals surface area contributed by atoms with Crippen molar-refractivity contribution in [1.82, 2.24) is 14.9 Å². The number of carbonyl (C=O) groups excluding carboxylic acids is 1. The lowest BCUT2D eigenvalue weighted by molar-refractivity contribution is 0.0932. The molecular formula is C11H18N4OS. The van der Waals surface area contributed by atoms with E-state index in [2.05, 4.69) is 14.9 Å². The Morgan fingerprint density at radius 1 is 1.59 bits per heavy atom. The first-order valence-corrected chi connectivity index (χ1v) is 6.85. The number of nitrogens with two attached hydrogens (primary N) is 1. The highest BCUT2D eigenvalue weighted by molar-refractivity contribution is 7.08. The van der Waals surface area contributed by atoms with Gasteiger partial charge in [0.25, 0.3) is 5.91 Å². The van der Waals surface area contributed by atoms with Gasteiger partial charge in [0, 0.05) is 6.04 Å². The van der Waals surface area contributed by atoms with E-state index in [9.17, 15) is 4.79 Å². The number of carbonyl (C=O) groups is 1. The van der Waals surface area contributed by atoms with Crippen LogP contribution in [0.15, 0.2) is 0 Å². The number of aryl methyl sites for hydroxylation is 1. The van der Waals surface area contributed by atoms with Crippen molar-refractivity contribution >= 4 is 17.4 Å². The van der Waals surface area contributed by atoms with Crippen LogP contribution < -0.4 is 11.1 Å². The minimum absolute atomic E-state index is 0.0396. The third kappa shape index (κ3) is 2.63. The van der Waals surface area contributed by atoms with Crippen LogP contribution in [0.3, 0.4) is 0 Å². The smallest absolute Gasteiger partial charge is 0.265 e. The van der Waals surface area contributed by atoms with Crippen LogP contribution in [0.25, 0.3) is 0 Å². The molecule has 2 rings (SSSR count). The quantitative estimate of drug-likeness (QED) is 0.838. The molecule has 17 heavy (non-hydrogen) atoms. The van der Waals surface area contributed by atoms with Crippen molar-refractivity contribution in [3.63, 3.8) is 0 Å². The van der Waals surface area contributed by atoms with Crippen LogP contribution in [0.4, 0.5) is 0 Å². The Bertz CT molecular complexity index is 393. The lowest BCUT2D eigenvalue weighted by atomic mass is 10.0. The molecule has 0 bridgehead atoms.